The highest BCUT2D eigenvalue weighted by atomic mass is 35.5. The quantitative estimate of drug-likeness (QED) is 0.841. The van der Waals surface area contributed by atoms with Crippen LogP contribution in [0.5, 0.6) is 5.75 Å². The summed E-state index contributed by atoms with van der Waals surface area (Å²) in [5.74, 6) is -0.301. The molecule has 1 heterocycles. The SMILES string of the molecule is COC(=O)c1ccccc1O[C@@H]1CN[C@H](C(=O)OC)C1.Cl. The van der Waals surface area contributed by atoms with Crippen molar-refractivity contribution in [3.8, 4) is 5.75 Å². The smallest absolute Gasteiger partial charge is 0.341 e. The maximum absolute atomic E-state index is 11.6. The third-order valence-corrected chi connectivity index (χ3v) is 3.16. The number of halogens is 1. The molecule has 1 aliphatic heterocycles. The summed E-state index contributed by atoms with van der Waals surface area (Å²) < 4.78 is 15.2. The van der Waals surface area contributed by atoms with Crippen molar-refractivity contribution in [1.82, 2.24) is 5.32 Å². The number of esters is 2. The number of hydrogen-bond donors (Lipinski definition) is 1. The van der Waals surface area contributed by atoms with Gasteiger partial charge in [-0.2, -0.15) is 0 Å². The summed E-state index contributed by atoms with van der Waals surface area (Å²) in [7, 11) is 2.67. The molecule has 1 saturated heterocycles. The fourth-order valence-electron chi connectivity index (χ4n) is 2.14. The Bertz CT molecular complexity index is 508. The summed E-state index contributed by atoms with van der Waals surface area (Å²) in [6.45, 7) is 0.523. The van der Waals surface area contributed by atoms with E-state index < -0.39 is 5.97 Å². The third-order valence-electron chi connectivity index (χ3n) is 3.16. The molecular weight excluding hydrogens is 298 g/mol. The minimum Gasteiger partial charge on any atom is -0.488 e. The molecular formula is C14H18ClNO5. The van der Waals surface area contributed by atoms with Crippen LogP contribution in [-0.4, -0.2) is 44.8 Å². The van der Waals surface area contributed by atoms with Crippen LogP contribution < -0.4 is 10.1 Å². The Morgan fingerprint density at radius 3 is 2.57 bits per heavy atom. The first-order valence-electron chi connectivity index (χ1n) is 6.31. The second kappa shape index (κ2) is 7.85. The van der Waals surface area contributed by atoms with E-state index in [-0.39, 0.29) is 30.5 Å². The van der Waals surface area contributed by atoms with Gasteiger partial charge in [-0.25, -0.2) is 4.79 Å². The lowest BCUT2D eigenvalue weighted by Gasteiger charge is -2.15. The molecule has 1 aliphatic rings. The van der Waals surface area contributed by atoms with Crippen molar-refractivity contribution in [3.63, 3.8) is 0 Å². The number of para-hydroxylation sites is 1. The summed E-state index contributed by atoms with van der Waals surface area (Å²) in [6.07, 6.45) is 0.312. The Labute approximate surface area is 129 Å². The van der Waals surface area contributed by atoms with Gasteiger partial charge in [0, 0.05) is 13.0 Å². The summed E-state index contributed by atoms with van der Waals surface area (Å²) in [4.78, 5) is 23.1. The zero-order valence-corrected chi connectivity index (χ0v) is 12.6. The Balaban J connectivity index is 0.00000220. The first-order chi connectivity index (χ1) is 9.65. The van der Waals surface area contributed by atoms with Crippen molar-refractivity contribution in [3.05, 3.63) is 29.8 Å². The Hall–Kier alpha value is -1.79. The summed E-state index contributed by atoms with van der Waals surface area (Å²) in [5, 5.41) is 3.02. The highest BCUT2D eigenvalue weighted by Crippen LogP contribution is 2.23. The monoisotopic (exact) mass is 315 g/mol. The van der Waals surface area contributed by atoms with Crippen LogP contribution in [0.2, 0.25) is 0 Å². The lowest BCUT2D eigenvalue weighted by molar-refractivity contribution is -0.142. The second-order valence-electron chi connectivity index (χ2n) is 4.45. The number of rotatable bonds is 4. The van der Waals surface area contributed by atoms with E-state index >= 15 is 0 Å². The molecule has 0 amide bonds. The van der Waals surface area contributed by atoms with E-state index in [1.165, 1.54) is 14.2 Å². The largest absolute Gasteiger partial charge is 0.488 e. The molecule has 0 radical (unpaired) electrons. The van der Waals surface area contributed by atoms with Crippen molar-refractivity contribution in [1.29, 1.82) is 0 Å². The Kier molecular flexibility index (Phi) is 6.45. The van der Waals surface area contributed by atoms with Gasteiger partial charge in [0.2, 0.25) is 0 Å². The summed E-state index contributed by atoms with van der Waals surface area (Å²) >= 11 is 0. The fraction of sp³-hybridized carbons (Fsp3) is 0.429. The molecule has 1 N–H and O–H groups in total. The maximum Gasteiger partial charge on any atom is 0.341 e. The highest BCUT2D eigenvalue weighted by molar-refractivity contribution is 5.92. The lowest BCUT2D eigenvalue weighted by Crippen LogP contribution is -2.31. The molecule has 0 saturated carbocycles. The number of methoxy groups -OCH3 is 2. The van der Waals surface area contributed by atoms with Crippen molar-refractivity contribution >= 4 is 24.3 Å². The zero-order valence-electron chi connectivity index (χ0n) is 11.8. The van der Waals surface area contributed by atoms with Gasteiger partial charge < -0.3 is 19.5 Å². The number of ether oxygens (including phenoxy) is 3. The zero-order chi connectivity index (χ0) is 14.5. The lowest BCUT2D eigenvalue weighted by atomic mass is 10.2. The van der Waals surface area contributed by atoms with E-state index in [9.17, 15) is 9.59 Å². The van der Waals surface area contributed by atoms with Gasteiger partial charge in [0.05, 0.1) is 14.2 Å². The third kappa shape index (κ3) is 4.09. The van der Waals surface area contributed by atoms with Crippen molar-refractivity contribution in [2.24, 2.45) is 0 Å². The second-order valence-corrected chi connectivity index (χ2v) is 4.45. The van der Waals surface area contributed by atoms with Crippen LogP contribution in [0, 0.1) is 0 Å². The Morgan fingerprint density at radius 2 is 1.90 bits per heavy atom. The van der Waals surface area contributed by atoms with E-state index in [1.54, 1.807) is 24.3 Å². The average molecular weight is 316 g/mol. The van der Waals surface area contributed by atoms with Gasteiger partial charge in [-0.15, -0.1) is 12.4 Å². The van der Waals surface area contributed by atoms with Gasteiger partial charge >= 0.3 is 11.9 Å². The summed E-state index contributed by atoms with van der Waals surface area (Å²) in [5.41, 5.74) is 0.372. The molecule has 0 spiro atoms. The van der Waals surface area contributed by atoms with E-state index in [1.807, 2.05) is 0 Å². The number of nitrogens with one attached hydrogen (secondary N) is 1. The topological polar surface area (TPSA) is 73.9 Å². The molecule has 7 heteroatoms. The number of carbonyl (C=O) groups excluding carboxylic acids is 2. The molecule has 21 heavy (non-hydrogen) atoms. The summed E-state index contributed by atoms with van der Waals surface area (Å²) in [6, 6.07) is 6.50. The molecule has 6 nitrogen and oxygen atoms in total. The van der Waals surface area contributed by atoms with Gasteiger partial charge in [-0.05, 0) is 12.1 Å². The standard InChI is InChI=1S/C14H17NO5.ClH/c1-18-13(16)10-5-3-4-6-12(10)20-9-7-11(15-8-9)14(17)19-2;/h3-6,9,11,15H,7-8H2,1-2H3;1H/t9-,11-;/m0./s1. The van der Waals surface area contributed by atoms with Crippen LogP contribution in [0.4, 0.5) is 0 Å². The first-order valence-corrected chi connectivity index (χ1v) is 6.31. The number of benzene rings is 1. The van der Waals surface area contributed by atoms with Gasteiger partial charge in [-0.3, -0.25) is 4.79 Å². The molecule has 0 bridgehead atoms. The van der Waals surface area contributed by atoms with Crippen molar-refractivity contribution in [2.75, 3.05) is 20.8 Å². The predicted octanol–water partition coefficient (Wildman–Crippen LogP) is 1.18. The predicted molar refractivity (Wildman–Crippen MR) is 77.9 cm³/mol. The highest BCUT2D eigenvalue weighted by Gasteiger charge is 2.32. The van der Waals surface area contributed by atoms with E-state index in [0.717, 1.165) is 0 Å². The van der Waals surface area contributed by atoms with E-state index in [2.05, 4.69) is 10.1 Å². The molecule has 2 rings (SSSR count). The van der Waals surface area contributed by atoms with Crippen LogP contribution >= 0.6 is 12.4 Å². The Morgan fingerprint density at radius 1 is 1.19 bits per heavy atom. The van der Waals surface area contributed by atoms with E-state index in [0.29, 0.717) is 24.3 Å². The van der Waals surface area contributed by atoms with E-state index in [4.69, 9.17) is 9.47 Å². The van der Waals surface area contributed by atoms with Crippen molar-refractivity contribution in [2.45, 2.75) is 18.6 Å². The van der Waals surface area contributed by atoms with Gasteiger partial charge in [0.1, 0.15) is 23.5 Å². The molecule has 0 aromatic heterocycles. The number of carbonyl (C=O) groups is 2. The average Bonchev–Trinajstić information content (AvgIpc) is 2.94. The normalized spacial score (nSPS) is 20.3. The fourth-order valence-corrected chi connectivity index (χ4v) is 2.14. The van der Waals surface area contributed by atoms with Gasteiger partial charge in [-0.1, -0.05) is 12.1 Å². The van der Waals surface area contributed by atoms with Crippen LogP contribution in [0.1, 0.15) is 16.8 Å². The molecule has 0 unspecified atom stereocenters. The number of hydrogen-bond acceptors (Lipinski definition) is 6. The van der Waals surface area contributed by atoms with Gasteiger partial charge in [0.25, 0.3) is 0 Å². The van der Waals surface area contributed by atoms with Crippen LogP contribution in [-0.2, 0) is 14.3 Å². The molecule has 0 aliphatic carbocycles. The van der Waals surface area contributed by atoms with Crippen LogP contribution in [0.25, 0.3) is 0 Å². The first kappa shape index (κ1) is 17.3. The van der Waals surface area contributed by atoms with Gasteiger partial charge in [0.15, 0.2) is 0 Å². The van der Waals surface area contributed by atoms with Crippen LogP contribution in [0.3, 0.4) is 0 Å². The molecule has 2 atom stereocenters. The molecule has 116 valence electrons. The molecule has 1 fully saturated rings. The van der Waals surface area contributed by atoms with Crippen LogP contribution in [0.15, 0.2) is 24.3 Å². The van der Waals surface area contributed by atoms with Crippen molar-refractivity contribution < 1.29 is 23.8 Å². The molecule has 1 aromatic rings. The minimum absolute atomic E-state index is 0. The molecule has 1 aromatic carbocycles. The minimum atomic E-state index is -0.448. The maximum atomic E-state index is 11.6.